The van der Waals surface area contributed by atoms with E-state index in [1.165, 1.54) is 6.92 Å². The molecule has 0 saturated carbocycles. The van der Waals surface area contributed by atoms with E-state index in [9.17, 15) is 19.2 Å². The normalized spacial score (nSPS) is 15.8. The standard InChI is InChI=1S/C22H31N3O5/c1-15(18(26)24-21(29)23-14-16-8-6-5-7-9-16)30-19(27)17-10-12-25(13-11-17)20(28)22(2,3)4/h5-9,15,17H,10-14H2,1-4H3,(H2,23,24,26,29)/t15-/m1/s1. The molecule has 0 bridgehead atoms. The van der Waals surface area contributed by atoms with E-state index in [1.54, 1.807) is 4.90 Å². The molecule has 30 heavy (non-hydrogen) atoms. The van der Waals surface area contributed by atoms with E-state index in [1.807, 2.05) is 51.1 Å². The molecule has 1 fully saturated rings. The van der Waals surface area contributed by atoms with Gasteiger partial charge in [-0.15, -0.1) is 0 Å². The summed E-state index contributed by atoms with van der Waals surface area (Å²) in [5, 5.41) is 4.76. The van der Waals surface area contributed by atoms with Gasteiger partial charge in [0.05, 0.1) is 5.92 Å². The number of esters is 1. The van der Waals surface area contributed by atoms with Gasteiger partial charge in [-0.1, -0.05) is 51.1 Å². The number of imide groups is 1. The second-order valence-corrected chi connectivity index (χ2v) is 8.55. The summed E-state index contributed by atoms with van der Waals surface area (Å²) in [6, 6.07) is 8.63. The van der Waals surface area contributed by atoms with Gasteiger partial charge in [0, 0.05) is 25.0 Å². The zero-order chi connectivity index (χ0) is 22.3. The number of carbonyl (C=O) groups is 4. The van der Waals surface area contributed by atoms with Crippen molar-refractivity contribution in [1.29, 1.82) is 0 Å². The monoisotopic (exact) mass is 417 g/mol. The van der Waals surface area contributed by atoms with Crippen molar-refractivity contribution in [2.75, 3.05) is 13.1 Å². The Kier molecular flexibility index (Phi) is 7.97. The first-order valence-electron chi connectivity index (χ1n) is 10.2. The molecule has 4 amide bonds. The molecule has 2 N–H and O–H groups in total. The Labute approximate surface area is 177 Å². The van der Waals surface area contributed by atoms with Crippen LogP contribution in [0.5, 0.6) is 0 Å². The van der Waals surface area contributed by atoms with Crippen LogP contribution >= 0.6 is 0 Å². The Balaban J connectivity index is 1.74. The number of urea groups is 1. The molecular weight excluding hydrogens is 386 g/mol. The van der Waals surface area contributed by atoms with Gasteiger partial charge in [-0.3, -0.25) is 19.7 Å². The fourth-order valence-electron chi connectivity index (χ4n) is 3.15. The molecule has 2 rings (SSSR count). The highest BCUT2D eigenvalue weighted by atomic mass is 16.5. The Morgan fingerprint density at radius 1 is 1.10 bits per heavy atom. The summed E-state index contributed by atoms with van der Waals surface area (Å²) >= 11 is 0. The average molecular weight is 418 g/mol. The van der Waals surface area contributed by atoms with Crippen LogP contribution in [0.15, 0.2) is 30.3 Å². The summed E-state index contributed by atoms with van der Waals surface area (Å²) in [4.78, 5) is 50.5. The summed E-state index contributed by atoms with van der Waals surface area (Å²) in [6.07, 6.45) is -0.103. The van der Waals surface area contributed by atoms with Gasteiger partial charge in [0.25, 0.3) is 5.91 Å². The van der Waals surface area contributed by atoms with Crippen LogP contribution in [0.2, 0.25) is 0 Å². The fraction of sp³-hybridized carbons (Fsp3) is 0.545. The number of carbonyl (C=O) groups excluding carboxylic acids is 4. The zero-order valence-corrected chi connectivity index (χ0v) is 18.1. The van der Waals surface area contributed by atoms with Crippen LogP contribution in [-0.2, 0) is 25.7 Å². The molecule has 0 aromatic heterocycles. The molecule has 1 saturated heterocycles. The number of nitrogens with one attached hydrogen (secondary N) is 2. The van der Waals surface area contributed by atoms with Gasteiger partial charge in [0.15, 0.2) is 6.10 Å². The van der Waals surface area contributed by atoms with Gasteiger partial charge in [0.1, 0.15) is 0 Å². The van der Waals surface area contributed by atoms with E-state index in [2.05, 4.69) is 10.6 Å². The summed E-state index contributed by atoms with van der Waals surface area (Å²) in [7, 11) is 0. The number of nitrogens with zero attached hydrogens (tertiary/aromatic N) is 1. The van der Waals surface area contributed by atoms with Crippen molar-refractivity contribution < 1.29 is 23.9 Å². The lowest BCUT2D eigenvalue weighted by Crippen LogP contribution is -2.47. The molecule has 8 nitrogen and oxygen atoms in total. The van der Waals surface area contributed by atoms with Crippen LogP contribution in [0.1, 0.15) is 46.1 Å². The smallest absolute Gasteiger partial charge is 0.321 e. The van der Waals surface area contributed by atoms with E-state index in [0.717, 1.165) is 5.56 Å². The molecule has 8 heteroatoms. The van der Waals surface area contributed by atoms with Crippen molar-refractivity contribution >= 4 is 23.8 Å². The topological polar surface area (TPSA) is 105 Å². The number of likely N-dealkylation sites (tertiary alicyclic amines) is 1. The highest BCUT2D eigenvalue weighted by molar-refractivity contribution is 5.97. The van der Waals surface area contributed by atoms with Crippen LogP contribution in [-0.4, -0.2) is 47.9 Å². The molecule has 1 heterocycles. The van der Waals surface area contributed by atoms with Crippen molar-refractivity contribution in [1.82, 2.24) is 15.5 Å². The van der Waals surface area contributed by atoms with Crippen LogP contribution in [0.3, 0.4) is 0 Å². The highest BCUT2D eigenvalue weighted by Crippen LogP contribution is 2.24. The third kappa shape index (κ3) is 6.86. The minimum absolute atomic E-state index is 0.0589. The van der Waals surface area contributed by atoms with E-state index < -0.39 is 29.4 Å². The molecule has 1 aromatic rings. The Morgan fingerprint density at radius 3 is 2.27 bits per heavy atom. The van der Waals surface area contributed by atoms with Crippen molar-refractivity contribution in [2.45, 2.75) is 53.2 Å². The molecule has 0 aliphatic carbocycles. The Morgan fingerprint density at radius 2 is 1.70 bits per heavy atom. The first-order chi connectivity index (χ1) is 14.1. The summed E-state index contributed by atoms with van der Waals surface area (Å²) in [6.45, 7) is 8.27. The minimum atomic E-state index is -1.09. The maximum atomic E-state index is 12.4. The number of hydrogen-bond donors (Lipinski definition) is 2. The number of benzene rings is 1. The van der Waals surface area contributed by atoms with E-state index in [4.69, 9.17) is 4.74 Å². The van der Waals surface area contributed by atoms with Gasteiger partial charge >= 0.3 is 12.0 Å². The third-order valence-electron chi connectivity index (χ3n) is 4.95. The highest BCUT2D eigenvalue weighted by Gasteiger charge is 2.34. The lowest BCUT2D eigenvalue weighted by molar-refractivity contribution is -0.161. The second kappa shape index (κ2) is 10.2. The molecule has 0 radical (unpaired) electrons. The summed E-state index contributed by atoms with van der Waals surface area (Å²) in [5.74, 6) is -1.47. The molecule has 0 unspecified atom stereocenters. The van der Waals surface area contributed by atoms with Crippen LogP contribution in [0, 0.1) is 11.3 Å². The molecule has 1 aliphatic heterocycles. The largest absolute Gasteiger partial charge is 0.452 e. The molecule has 1 aliphatic rings. The Bertz CT molecular complexity index is 765. The minimum Gasteiger partial charge on any atom is -0.452 e. The zero-order valence-electron chi connectivity index (χ0n) is 18.1. The second-order valence-electron chi connectivity index (χ2n) is 8.55. The van der Waals surface area contributed by atoms with Gasteiger partial charge in [-0.25, -0.2) is 4.79 Å². The van der Waals surface area contributed by atoms with Crippen molar-refractivity contribution in [2.24, 2.45) is 11.3 Å². The van der Waals surface area contributed by atoms with Gasteiger partial charge < -0.3 is 15.0 Å². The molecular formula is C22H31N3O5. The number of ether oxygens (including phenoxy) is 1. The van der Waals surface area contributed by atoms with Crippen molar-refractivity contribution in [3.63, 3.8) is 0 Å². The van der Waals surface area contributed by atoms with Crippen molar-refractivity contribution in [3.05, 3.63) is 35.9 Å². The van der Waals surface area contributed by atoms with Gasteiger partial charge in [-0.2, -0.15) is 0 Å². The molecule has 1 aromatic carbocycles. The maximum Gasteiger partial charge on any atom is 0.321 e. The SMILES string of the molecule is C[C@@H](OC(=O)C1CCN(C(=O)C(C)(C)C)CC1)C(=O)NC(=O)NCc1ccccc1. The molecule has 164 valence electrons. The lowest BCUT2D eigenvalue weighted by atomic mass is 9.91. The lowest BCUT2D eigenvalue weighted by Gasteiger charge is -2.35. The van der Waals surface area contributed by atoms with E-state index >= 15 is 0 Å². The van der Waals surface area contributed by atoms with Gasteiger partial charge in [-0.05, 0) is 25.3 Å². The van der Waals surface area contributed by atoms with Crippen LogP contribution < -0.4 is 10.6 Å². The predicted molar refractivity (Wildman–Crippen MR) is 111 cm³/mol. The summed E-state index contributed by atoms with van der Waals surface area (Å²) in [5.41, 5.74) is 0.442. The van der Waals surface area contributed by atoms with Gasteiger partial charge in [0.2, 0.25) is 5.91 Å². The average Bonchev–Trinajstić information content (AvgIpc) is 2.71. The molecule has 1 atom stereocenters. The number of rotatable bonds is 5. The predicted octanol–water partition coefficient (Wildman–Crippen LogP) is 2.23. The first kappa shape index (κ1) is 23.4. The van der Waals surface area contributed by atoms with Crippen LogP contribution in [0.25, 0.3) is 0 Å². The van der Waals surface area contributed by atoms with E-state index in [0.29, 0.717) is 25.9 Å². The maximum absolute atomic E-state index is 12.4. The third-order valence-corrected chi connectivity index (χ3v) is 4.95. The molecule has 0 spiro atoms. The number of amides is 4. The number of piperidine rings is 1. The Hall–Kier alpha value is -2.90. The fourth-order valence-corrected chi connectivity index (χ4v) is 3.15. The number of hydrogen-bond acceptors (Lipinski definition) is 5. The van der Waals surface area contributed by atoms with Crippen molar-refractivity contribution in [3.8, 4) is 0 Å². The quantitative estimate of drug-likeness (QED) is 0.715. The van der Waals surface area contributed by atoms with Crippen LogP contribution in [0.4, 0.5) is 4.79 Å². The van der Waals surface area contributed by atoms with E-state index in [-0.39, 0.29) is 18.4 Å². The summed E-state index contributed by atoms with van der Waals surface area (Å²) < 4.78 is 5.24. The first-order valence-corrected chi connectivity index (χ1v) is 10.2.